The van der Waals surface area contributed by atoms with Gasteiger partial charge in [0.25, 0.3) is 0 Å². The van der Waals surface area contributed by atoms with Crippen LogP contribution in [0.25, 0.3) is 11.0 Å². The van der Waals surface area contributed by atoms with E-state index in [9.17, 15) is 9.59 Å². The minimum Gasteiger partial charge on any atom is -0.349 e. The van der Waals surface area contributed by atoms with Crippen molar-refractivity contribution in [3.63, 3.8) is 0 Å². The second-order valence-electron chi connectivity index (χ2n) is 9.51. The lowest BCUT2D eigenvalue weighted by molar-refractivity contribution is -0.143. The third-order valence-electron chi connectivity index (χ3n) is 5.58. The summed E-state index contributed by atoms with van der Waals surface area (Å²) in [7, 11) is 0. The number of aromatic nitrogens is 3. The molecular weight excluding hydrogens is 481 g/mol. The third kappa shape index (κ3) is 5.71. The summed E-state index contributed by atoms with van der Waals surface area (Å²) in [6.07, 6.45) is 0. The highest BCUT2D eigenvalue weighted by Crippen LogP contribution is 2.29. The molecule has 0 fully saturated rings. The van der Waals surface area contributed by atoms with E-state index in [0.717, 1.165) is 0 Å². The topological polar surface area (TPSA) is 80.1 Å². The number of carbonyl (C=O) groups is 2. The van der Waals surface area contributed by atoms with E-state index in [-0.39, 0.29) is 18.7 Å². The van der Waals surface area contributed by atoms with Crippen molar-refractivity contribution in [1.82, 2.24) is 25.2 Å². The van der Waals surface area contributed by atoms with Gasteiger partial charge in [-0.2, -0.15) is 0 Å². The fourth-order valence-corrected chi connectivity index (χ4v) is 4.17. The molecule has 1 unspecified atom stereocenters. The normalized spacial score (nSPS) is 12.4. The van der Waals surface area contributed by atoms with Crippen LogP contribution in [0.5, 0.6) is 0 Å². The molecule has 0 aliphatic rings. The van der Waals surface area contributed by atoms with E-state index in [1.807, 2.05) is 39.0 Å². The van der Waals surface area contributed by atoms with Gasteiger partial charge in [0.1, 0.15) is 23.9 Å². The molecule has 4 aromatic rings. The van der Waals surface area contributed by atoms with E-state index < -0.39 is 29.2 Å². The van der Waals surface area contributed by atoms with Gasteiger partial charge in [0.05, 0.1) is 5.52 Å². The summed E-state index contributed by atoms with van der Waals surface area (Å²) in [5, 5.41) is 11.6. The zero-order valence-corrected chi connectivity index (χ0v) is 21.0. The van der Waals surface area contributed by atoms with Gasteiger partial charge in [-0.25, -0.2) is 9.07 Å². The highest BCUT2D eigenvalue weighted by Gasteiger charge is 2.35. The molecule has 0 aliphatic heterocycles. The molecule has 9 heteroatoms. The van der Waals surface area contributed by atoms with Crippen molar-refractivity contribution in [2.75, 3.05) is 0 Å². The van der Waals surface area contributed by atoms with Gasteiger partial charge in [0.2, 0.25) is 11.8 Å². The summed E-state index contributed by atoms with van der Waals surface area (Å²) in [5.41, 5.74) is 1.41. The lowest BCUT2D eigenvalue weighted by Crippen LogP contribution is -2.50. The van der Waals surface area contributed by atoms with Gasteiger partial charge in [0.15, 0.2) is 0 Å². The molecule has 36 heavy (non-hydrogen) atoms. The zero-order valence-electron chi connectivity index (χ0n) is 20.3. The maximum absolute atomic E-state index is 15.1. The predicted octanol–water partition coefficient (Wildman–Crippen LogP) is 4.91. The molecule has 0 saturated heterocycles. The summed E-state index contributed by atoms with van der Waals surface area (Å²) < 4.78 is 16.6. The van der Waals surface area contributed by atoms with Gasteiger partial charge in [-0.15, -0.1) is 5.10 Å². The Balaban J connectivity index is 1.80. The first-order valence-electron chi connectivity index (χ1n) is 11.5. The van der Waals surface area contributed by atoms with Gasteiger partial charge in [0, 0.05) is 22.7 Å². The van der Waals surface area contributed by atoms with Crippen LogP contribution >= 0.6 is 11.6 Å². The van der Waals surface area contributed by atoms with Crippen LogP contribution in [-0.4, -0.2) is 37.2 Å². The molecule has 0 aliphatic carbocycles. The molecule has 2 amide bonds. The zero-order chi connectivity index (χ0) is 25.9. The molecule has 1 heterocycles. The number of fused-ring (bicyclic) bond motifs is 1. The fraction of sp³-hybridized carbons (Fsp3) is 0.259. The Morgan fingerprint density at radius 2 is 1.69 bits per heavy atom. The SMILES string of the molecule is CC(C)(C)NC(=O)C(c1ccccc1F)N(Cc1ccccc1Cl)C(=O)Cn1nnc2ccccc21. The van der Waals surface area contributed by atoms with Crippen LogP contribution in [0, 0.1) is 5.82 Å². The smallest absolute Gasteiger partial charge is 0.247 e. The lowest BCUT2D eigenvalue weighted by atomic mass is 10.00. The van der Waals surface area contributed by atoms with E-state index in [1.165, 1.54) is 21.7 Å². The standard InChI is InChI=1S/C27H27ClFN5O2/c1-27(2,3)30-26(36)25(19-11-5-7-13-21(19)29)33(16-18-10-4-6-12-20(18)28)24(35)17-34-23-15-9-8-14-22(23)31-32-34/h4-15,25H,16-17H2,1-3H3,(H,30,36). The molecule has 0 bridgehead atoms. The van der Waals surface area contributed by atoms with Crippen LogP contribution in [0.2, 0.25) is 5.02 Å². The number of rotatable bonds is 7. The predicted molar refractivity (Wildman–Crippen MR) is 137 cm³/mol. The summed E-state index contributed by atoms with van der Waals surface area (Å²) in [6, 6.07) is 19.0. The quantitative estimate of drug-likeness (QED) is 0.385. The molecule has 0 spiro atoms. The van der Waals surface area contributed by atoms with Crippen LogP contribution < -0.4 is 5.32 Å². The Bertz CT molecular complexity index is 1400. The number of para-hydroxylation sites is 1. The van der Waals surface area contributed by atoms with E-state index in [4.69, 9.17) is 11.6 Å². The van der Waals surface area contributed by atoms with Crippen molar-refractivity contribution in [3.8, 4) is 0 Å². The number of carbonyl (C=O) groups excluding carboxylic acids is 2. The number of hydrogen-bond donors (Lipinski definition) is 1. The molecule has 1 aromatic heterocycles. The van der Waals surface area contributed by atoms with Gasteiger partial charge < -0.3 is 10.2 Å². The van der Waals surface area contributed by atoms with Gasteiger partial charge in [-0.05, 0) is 50.6 Å². The Hall–Kier alpha value is -3.78. The van der Waals surface area contributed by atoms with Crippen LogP contribution in [0.15, 0.2) is 72.8 Å². The molecule has 4 rings (SSSR count). The monoisotopic (exact) mass is 507 g/mol. The average molecular weight is 508 g/mol. The number of amides is 2. The van der Waals surface area contributed by atoms with Crippen molar-refractivity contribution in [2.24, 2.45) is 0 Å². The number of hydrogen-bond acceptors (Lipinski definition) is 4. The van der Waals surface area contributed by atoms with Crippen molar-refractivity contribution in [2.45, 2.75) is 45.4 Å². The van der Waals surface area contributed by atoms with Crippen molar-refractivity contribution >= 4 is 34.4 Å². The molecule has 0 saturated carbocycles. The van der Waals surface area contributed by atoms with E-state index in [2.05, 4.69) is 15.6 Å². The molecule has 7 nitrogen and oxygen atoms in total. The summed E-state index contributed by atoms with van der Waals surface area (Å²) in [6.45, 7) is 5.27. The molecule has 1 N–H and O–H groups in total. The van der Waals surface area contributed by atoms with Gasteiger partial charge >= 0.3 is 0 Å². The number of nitrogens with zero attached hydrogens (tertiary/aromatic N) is 4. The molecule has 0 radical (unpaired) electrons. The second kappa shape index (κ2) is 10.5. The van der Waals surface area contributed by atoms with Crippen LogP contribution in [0.4, 0.5) is 4.39 Å². The van der Waals surface area contributed by atoms with Gasteiger partial charge in [-0.3, -0.25) is 9.59 Å². The highest BCUT2D eigenvalue weighted by molar-refractivity contribution is 6.31. The highest BCUT2D eigenvalue weighted by atomic mass is 35.5. The maximum atomic E-state index is 15.1. The Morgan fingerprint density at radius 3 is 2.42 bits per heavy atom. The number of nitrogens with one attached hydrogen (secondary N) is 1. The molecule has 1 atom stereocenters. The third-order valence-corrected chi connectivity index (χ3v) is 5.95. The number of benzene rings is 3. The van der Waals surface area contributed by atoms with Crippen LogP contribution in [-0.2, 0) is 22.7 Å². The summed E-state index contributed by atoms with van der Waals surface area (Å²) >= 11 is 6.42. The van der Waals surface area contributed by atoms with Crippen LogP contribution in [0.1, 0.15) is 37.9 Å². The lowest BCUT2D eigenvalue weighted by Gasteiger charge is -2.34. The summed E-state index contributed by atoms with van der Waals surface area (Å²) in [5.74, 6) is -1.53. The van der Waals surface area contributed by atoms with Crippen molar-refractivity contribution < 1.29 is 14.0 Å². The molecule has 186 valence electrons. The minimum absolute atomic E-state index is 0.0122. The maximum Gasteiger partial charge on any atom is 0.247 e. The number of halogens is 2. The first-order valence-corrected chi connectivity index (χ1v) is 11.9. The molecule has 3 aromatic carbocycles. The largest absolute Gasteiger partial charge is 0.349 e. The average Bonchev–Trinajstić information content (AvgIpc) is 3.22. The van der Waals surface area contributed by atoms with Crippen molar-refractivity contribution in [1.29, 1.82) is 0 Å². The minimum atomic E-state index is -1.25. The Morgan fingerprint density at radius 1 is 1.03 bits per heavy atom. The van der Waals surface area contributed by atoms with E-state index >= 15 is 4.39 Å². The van der Waals surface area contributed by atoms with Crippen LogP contribution in [0.3, 0.4) is 0 Å². The Labute approximate surface area is 213 Å². The summed E-state index contributed by atoms with van der Waals surface area (Å²) in [4.78, 5) is 28.8. The first-order chi connectivity index (χ1) is 17.1. The first kappa shape index (κ1) is 25.3. The second-order valence-corrected chi connectivity index (χ2v) is 9.92. The molecular formula is C27H27ClFN5O2. The Kier molecular flexibility index (Phi) is 7.35. The van der Waals surface area contributed by atoms with Gasteiger partial charge in [-0.1, -0.05) is 65.3 Å². The van der Waals surface area contributed by atoms with E-state index in [1.54, 1.807) is 42.5 Å². The van der Waals surface area contributed by atoms with E-state index in [0.29, 0.717) is 21.6 Å². The van der Waals surface area contributed by atoms with Crippen molar-refractivity contribution in [3.05, 3.63) is 94.8 Å². The fourth-order valence-electron chi connectivity index (χ4n) is 3.97.